The number of carboxylic acids is 1. The number of aromatic carboxylic acids is 1. The van der Waals surface area contributed by atoms with Crippen molar-refractivity contribution in [3.8, 4) is 0 Å². The Morgan fingerprint density at radius 2 is 1.83 bits per heavy atom. The molecule has 0 aliphatic rings. The number of hydrogen-bond acceptors (Lipinski definition) is 4. The molecule has 0 atom stereocenters. The Bertz CT molecular complexity index is 584. The van der Waals surface area contributed by atoms with Gasteiger partial charge in [-0.15, -0.1) is 0 Å². The third-order valence-corrected chi connectivity index (χ3v) is 1.99. The van der Waals surface area contributed by atoms with Crippen molar-refractivity contribution in [1.29, 1.82) is 0 Å². The highest BCUT2D eigenvalue weighted by Crippen LogP contribution is 2.17. The molecule has 2 aromatic rings. The minimum absolute atomic E-state index is 0.0832. The minimum atomic E-state index is -1.24. The quantitative estimate of drug-likeness (QED) is 0.874. The number of hydrogen-bond donors (Lipinski definition) is 2. The lowest BCUT2D eigenvalue weighted by Crippen LogP contribution is -2.04. The summed E-state index contributed by atoms with van der Waals surface area (Å²) < 4.78 is 25.9. The molecule has 0 aliphatic carbocycles. The molecule has 0 unspecified atom stereocenters. The molecule has 1 aromatic heterocycles. The Balaban J connectivity index is 2.28. The van der Waals surface area contributed by atoms with Gasteiger partial charge in [0.25, 0.3) is 0 Å². The highest BCUT2D eigenvalue weighted by molar-refractivity contribution is 5.85. The molecule has 18 heavy (non-hydrogen) atoms. The topological polar surface area (TPSA) is 75.1 Å². The van der Waals surface area contributed by atoms with Crippen LogP contribution in [-0.4, -0.2) is 21.0 Å². The molecule has 0 aliphatic heterocycles. The maximum absolute atomic E-state index is 12.9. The van der Waals surface area contributed by atoms with Crippen molar-refractivity contribution in [2.45, 2.75) is 0 Å². The predicted octanol–water partition coefficient (Wildman–Crippen LogP) is 2.20. The summed E-state index contributed by atoms with van der Waals surface area (Å²) in [7, 11) is 0. The van der Waals surface area contributed by atoms with Gasteiger partial charge in [-0.3, -0.25) is 4.98 Å². The van der Waals surface area contributed by atoms with E-state index in [9.17, 15) is 13.6 Å². The van der Waals surface area contributed by atoms with Crippen molar-refractivity contribution < 1.29 is 18.7 Å². The fourth-order valence-corrected chi connectivity index (χ4v) is 1.30. The molecule has 0 radical (unpaired) electrons. The number of nitrogens with one attached hydrogen (secondary N) is 1. The zero-order valence-corrected chi connectivity index (χ0v) is 8.89. The highest BCUT2D eigenvalue weighted by atomic mass is 19.1. The lowest BCUT2D eigenvalue weighted by Gasteiger charge is -2.05. The molecule has 2 N–H and O–H groups in total. The van der Waals surface area contributed by atoms with E-state index in [0.29, 0.717) is 0 Å². The number of carboxylic acid groups (broad SMARTS) is 1. The number of carbonyl (C=O) groups is 1. The third-order valence-electron chi connectivity index (χ3n) is 1.99. The first-order valence-corrected chi connectivity index (χ1v) is 4.83. The lowest BCUT2D eigenvalue weighted by molar-refractivity contribution is 0.0690. The first-order chi connectivity index (χ1) is 8.54. The van der Waals surface area contributed by atoms with Gasteiger partial charge in [0.1, 0.15) is 17.5 Å². The fourth-order valence-electron chi connectivity index (χ4n) is 1.30. The smallest absolute Gasteiger partial charge is 0.356 e. The summed E-state index contributed by atoms with van der Waals surface area (Å²) in [5.41, 5.74) is -0.152. The van der Waals surface area contributed by atoms with Crippen molar-refractivity contribution in [3.63, 3.8) is 0 Å². The van der Waals surface area contributed by atoms with E-state index in [-0.39, 0.29) is 17.2 Å². The largest absolute Gasteiger partial charge is 0.476 e. The molecule has 1 aromatic carbocycles. The first kappa shape index (κ1) is 11.9. The molecule has 5 nitrogen and oxygen atoms in total. The highest BCUT2D eigenvalue weighted by Gasteiger charge is 2.07. The summed E-state index contributed by atoms with van der Waals surface area (Å²) in [6, 6.07) is 2.83. The predicted molar refractivity (Wildman–Crippen MR) is 58.6 cm³/mol. The first-order valence-electron chi connectivity index (χ1n) is 4.83. The zero-order valence-electron chi connectivity index (χ0n) is 8.89. The van der Waals surface area contributed by atoms with Gasteiger partial charge in [-0.2, -0.15) is 0 Å². The van der Waals surface area contributed by atoms with Gasteiger partial charge < -0.3 is 10.4 Å². The van der Waals surface area contributed by atoms with Gasteiger partial charge in [0.15, 0.2) is 5.69 Å². The number of anilines is 2. The van der Waals surface area contributed by atoms with Gasteiger partial charge in [-0.05, 0) is 12.1 Å². The maximum atomic E-state index is 12.9. The minimum Gasteiger partial charge on any atom is -0.476 e. The van der Waals surface area contributed by atoms with Gasteiger partial charge in [-0.25, -0.2) is 18.6 Å². The monoisotopic (exact) mass is 251 g/mol. The average Bonchev–Trinajstić information content (AvgIpc) is 2.27. The Morgan fingerprint density at radius 3 is 2.44 bits per heavy atom. The van der Waals surface area contributed by atoms with Crippen LogP contribution in [0, 0.1) is 11.6 Å². The number of nitrogens with zero attached hydrogens (tertiary/aromatic N) is 2. The standard InChI is InChI=1S/C11H7F2N3O2/c12-6-1-7(13)3-8(2-6)15-10-5-14-4-9(16-10)11(17)18/h1-5H,(H,15,16)(H,17,18). The van der Waals surface area contributed by atoms with E-state index in [2.05, 4.69) is 15.3 Å². The molecule has 0 saturated heterocycles. The summed E-state index contributed by atoms with van der Waals surface area (Å²) >= 11 is 0. The van der Waals surface area contributed by atoms with E-state index >= 15 is 0 Å². The molecule has 0 fully saturated rings. The molecule has 0 spiro atoms. The van der Waals surface area contributed by atoms with Crippen LogP contribution in [0.3, 0.4) is 0 Å². The van der Waals surface area contributed by atoms with Crippen molar-refractivity contribution in [2.24, 2.45) is 0 Å². The molecule has 0 bridgehead atoms. The lowest BCUT2D eigenvalue weighted by atomic mass is 10.3. The van der Waals surface area contributed by atoms with Crippen LogP contribution >= 0.6 is 0 Å². The second kappa shape index (κ2) is 4.74. The Hall–Kier alpha value is -2.57. The third kappa shape index (κ3) is 2.76. The number of rotatable bonds is 3. The van der Waals surface area contributed by atoms with Crippen LogP contribution in [0.2, 0.25) is 0 Å². The van der Waals surface area contributed by atoms with Crippen LogP contribution in [0.1, 0.15) is 10.5 Å². The van der Waals surface area contributed by atoms with E-state index in [4.69, 9.17) is 5.11 Å². The Labute approximate surface area is 100 Å². The van der Waals surface area contributed by atoms with Crippen LogP contribution in [0.25, 0.3) is 0 Å². The van der Waals surface area contributed by atoms with Gasteiger partial charge in [-0.1, -0.05) is 0 Å². The van der Waals surface area contributed by atoms with Crippen molar-refractivity contribution in [1.82, 2.24) is 9.97 Å². The summed E-state index contributed by atoms with van der Waals surface area (Å²) in [6.07, 6.45) is 2.31. The number of aromatic nitrogens is 2. The normalized spacial score (nSPS) is 10.1. The molecule has 7 heteroatoms. The van der Waals surface area contributed by atoms with E-state index in [1.807, 2.05) is 0 Å². The average molecular weight is 251 g/mol. The van der Waals surface area contributed by atoms with Crippen molar-refractivity contribution in [3.05, 3.63) is 47.9 Å². The van der Waals surface area contributed by atoms with Gasteiger partial charge in [0.05, 0.1) is 12.4 Å². The Kier molecular flexibility index (Phi) is 3.13. The van der Waals surface area contributed by atoms with Crippen LogP contribution in [0.15, 0.2) is 30.6 Å². The molecule has 0 amide bonds. The Morgan fingerprint density at radius 1 is 1.17 bits per heavy atom. The van der Waals surface area contributed by atoms with E-state index in [0.717, 1.165) is 24.4 Å². The SMILES string of the molecule is O=C(O)c1cncc(Nc2cc(F)cc(F)c2)n1. The second-order valence-corrected chi connectivity index (χ2v) is 3.38. The maximum Gasteiger partial charge on any atom is 0.356 e. The van der Waals surface area contributed by atoms with Gasteiger partial charge in [0, 0.05) is 11.8 Å². The molecule has 0 saturated carbocycles. The molecule has 1 heterocycles. The second-order valence-electron chi connectivity index (χ2n) is 3.38. The van der Waals surface area contributed by atoms with Crippen LogP contribution in [0.5, 0.6) is 0 Å². The van der Waals surface area contributed by atoms with Crippen molar-refractivity contribution >= 4 is 17.5 Å². The molecular formula is C11H7F2N3O2. The van der Waals surface area contributed by atoms with Gasteiger partial charge in [0.2, 0.25) is 0 Å². The number of halogens is 2. The summed E-state index contributed by atoms with van der Waals surface area (Å²) in [4.78, 5) is 18.0. The van der Waals surface area contributed by atoms with Crippen LogP contribution < -0.4 is 5.32 Å². The van der Waals surface area contributed by atoms with Crippen molar-refractivity contribution in [2.75, 3.05) is 5.32 Å². The van der Waals surface area contributed by atoms with E-state index < -0.39 is 17.6 Å². The van der Waals surface area contributed by atoms with Gasteiger partial charge >= 0.3 is 5.97 Å². The summed E-state index contributed by atoms with van der Waals surface area (Å²) in [5.74, 6) is -2.66. The van der Waals surface area contributed by atoms with E-state index in [1.165, 1.54) is 6.20 Å². The summed E-state index contributed by atoms with van der Waals surface area (Å²) in [6.45, 7) is 0. The molecular weight excluding hydrogens is 244 g/mol. The van der Waals surface area contributed by atoms with E-state index in [1.54, 1.807) is 0 Å². The fraction of sp³-hybridized carbons (Fsp3) is 0. The van der Waals surface area contributed by atoms with Crippen LogP contribution in [0.4, 0.5) is 20.3 Å². The number of benzene rings is 1. The zero-order chi connectivity index (χ0) is 13.1. The van der Waals surface area contributed by atoms with Crippen LogP contribution in [-0.2, 0) is 0 Å². The molecule has 92 valence electrons. The summed E-state index contributed by atoms with van der Waals surface area (Å²) in [5, 5.41) is 11.3. The molecule has 2 rings (SSSR count).